The van der Waals surface area contributed by atoms with Gasteiger partial charge in [-0.25, -0.2) is 8.78 Å². The Balaban J connectivity index is 1.36. The van der Waals surface area contributed by atoms with Crippen LogP contribution in [0.1, 0.15) is 36.0 Å². The Labute approximate surface area is 189 Å². The van der Waals surface area contributed by atoms with E-state index in [1.807, 2.05) is 0 Å². The van der Waals surface area contributed by atoms with Crippen molar-refractivity contribution in [3.05, 3.63) is 63.6 Å². The van der Waals surface area contributed by atoms with Crippen LogP contribution in [0.2, 0.25) is 10.0 Å². The first-order chi connectivity index (χ1) is 14.8. The van der Waals surface area contributed by atoms with Crippen molar-refractivity contribution < 1.29 is 23.1 Å². The van der Waals surface area contributed by atoms with Crippen molar-refractivity contribution in [3.63, 3.8) is 0 Å². The minimum atomic E-state index is -0.629. The number of nitrogens with one attached hydrogen (secondary N) is 2. The van der Waals surface area contributed by atoms with E-state index in [0.29, 0.717) is 6.54 Å². The molecule has 9 heteroatoms. The average molecular weight is 471 g/mol. The molecule has 1 aliphatic rings. The van der Waals surface area contributed by atoms with Gasteiger partial charge in [0.1, 0.15) is 17.4 Å². The molecule has 0 saturated heterocycles. The molecular formula is C22H22Cl2F2N2O3. The average Bonchev–Trinajstić information content (AvgIpc) is 2.75. The molecule has 2 N–H and O–H groups in total. The second-order valence-corrected chi connectivity index (χ2v) is 8.30. The van der Waals surface area contributed by atoms with Crippen LogP contribution in [0.25, 0.3) is 0 Å². The molecule has 2 aromatic carbocycles. The van der Waals surface area contributed by atoms with Crippen LogP contribution in [0.15, 0.2) is 36.4 Å². The zero-order valence-electron chi connectivity index (χ0n) is 16.6. The predicted octanol–water partition coefficient (Wildman–Crippen LogP) is 4.76. The fraction of sp³-hybridized carbons (Fsp3) is 0.364. The molecule has 2 amide bonds. The van der Waals surface area contributed by atoms with Gasteiger partial charge in [-0.3, -0.25) is 9.59 Å². The lowest BCUT2D eigenvalue weighted by Gasteiger charge is -2.29. The Morgan fingerprint density at radius 1 is 0.968 bits per heavy atom. The number of amides is 2. The predicted molar refractivity (Wildman–Crippen MR) is 115 cm³/mol. The van der Waals surface area contributed by atoms with Gasteiger partial charge in [-0.1, -0.05) is 23.2 Å². The van der Waals surface area contributed by atoms with Crippen LogP contribution in [0.5, 0.6) is 5.75 Å². The third-order valence-electron chi connectivity index (χ3n) is 5.21. The van der Waals surface area contributed by atoms with Crippen molar-refractivity contribution in [3.8, 4) is 5.75 Å². The van der Waals surface area contributed by atoms with Crippen LogP contribution in [-0.2, 0) is 4.79 Å². The van der Waals surface area contributed by atoms with E-state index in [2.05, 4.69) is 10.6 Å². The van der Waals surface area contributed by atoms with Crippen LogP contribution in [0, 0.1) is 17.6 Å². The van der Waals surface area contributed by atoms with Crippen molar-refractivity contribution in [1.82, 2.24) is 10.6 Å². The Morgan fingerprint density at radius 3 is 2.26 bits per heavy atom. The van der Waals surface area contributed by atoms with E-state index >= 15 is 0 Å². The SMILES string of the molecule is O=C(COc1ccc(Cl)c(F)c1)NC1CCC(CNC(=O)c2ccc(Cl)c(F)c2)CC1. The van der Waals surface area contributed by atoms with Gasteiger partial charge in [-0.15, -0.1) is 0 Å². The summed E-state index contributed by atoms with van der Waals surface area (Å²) in [6, 6.07) is 7.97. The summed E-state index contributed by atoms with van der Waals surface area (Å²) in [5, 5.41) is 5.70. The summed E-state index contributed by atoms with van der Waals surface area (Å²) in [7, 11) is 0. The molecule has 1 fully saturated rings. The molecule has 0 heterocycles. The van der Waals surface area contributed by atoms with Gasteiger partial charge >= 0.3 is 0 Å². The number of carbonyl (C=O) groups excluding carboxylic acids is 2. The minimum Gasteiger partial charge on any atom is -0.484 e. The van der Waals surface area contributed by atoms with Gasteiger partial charge in [0.2, 0.25) is 0 Å². The number of halogens is 4. The quantitative estimate of drug-likeness (QED) is 0.613. The molecule has 0 aliphatic heterocycles. The highest BCUT2D eigenvalue weighted by atomic mass is 35.5. The molecule has 3 rings (SSSR count). The molecule has 0 atom stereocenters. The van der Waals surface area contributed by atoms with Gasteiger partial charge in [0.15, 0.2) is 6.61 Å². The van der Waals surface area contributed by atoms with E-state index in [9.17, 15) is 18.4 Å². The molecule has 166 valence electrons. The Kier molecular flexibility index (Phi) is 8.09. The van der Waals surface area contributed by atoms with Crippen LogP contribution < -0.4 is 15.4 Å². The summed E-state index contributed by atoms with van der Waals surface area (Å²) in [6.07, 6.45) is 3.22. The highest BCUT2D eigenvalue weighted by Crippen LogP contribution is 2.24. The molecule has 0 aromatic heterocycles. The minimum absolute atomic E-state index is 0.00918. The number of ether oxygens (including phenoxy) is 1. The van der Waals surface area contributed by atoms with Crippen LogP contribution in [0.3, 0.4) is 0 Å². The number of hydrogen-bond donors (Lipinski definition) is 2. The fourth-order valence-corrected chi connectivity index (χ4v) is 3.71. The normalized spacial score (nSPS) is 18.3. The van der Waals surface area contributed by atoms with Gasteiger partial charge in [0.25, 0.3) is 11.8 Å². The fourth-order valence-electron chi connectivity index (χ4n) is 3.47. The largest absolute Gasteiger partial charge is 0.484 e. The van der Waals surface area contributed by atoms with E-state index in [1.54, 1.807) is 0 Å². The summed E-state index contributed by atoms with van der Waals surface area (Å²) in [6.45, 7) is 0.268. The van der Waals surface area contributed by atoms with Crippen LogP contribution >= 0.6 is 23.2 Å². The first-order valence-corrected chi connectivity index (χ1v) is 10.7. The van der Waals surface area contributed by atoms with E-state index in [4.69, 9.17) is 27.9 Å². The van der Waals surface area contributed by atoms with E-state index < -0.39 is 11.6 Å². The van der Waals surface area contributed by atoms with Crippen molar-refractivity contribution in [2.24, 2.45) is 5.92 Å². The maximum atomic E-state index is 13.5. The van der Waals surface area contributed by atoms with Crippen molar-refractivity contribution in [1.29, 1.82) is 0 Å². The zero-order chi connectivity index (χ0) is 22.4. The summed E-state index contributed by atoms with van der Waals surface area (Å²) in [4.78, 5) is 24.3. The molecular weight excluding hydrogens is 449 g/mol. The summed E-state index contributed by atoms with van der Waals surface area (Å²) < 4.78 is 32.2. The van der Waals surface area contributed by atoms with Gasteiger partial charge < -0.3 is 15.4 Å². The van der Waals surface area contributed by atoms with Crippen LogP contribution in [0.4, 0.5) is 8.78 Å². The molecule has 0 radical (unpaired) electrons. The molecule has 0 unspecified atom stereocenters. The summed E-state index contributed by atoms with van der Waals surface area (Å²) >= 11 is 11.2. The first-order valence-electron chi connectivity index (χ1n) is 9.92. The third-order valence-corrected chi connectivity index (χ3v) is 5.82. The van der Waals surface area contributed by atoms with Crippen molar-refractivity contribution in [2.45, 2.75) is 31.7 Å². The van der Waals surface area contributed by atoms with Gasteiger partial charge in [-0.2, -0.15) is 0 Å². The van der Waals surface area contributed by atoms with Gasteiger partial charge in [-0.05, 0) is 61.9 Å². The molecule has 5 nitrogen and oxygen atoms in total. The van der Waals surface area contributed by atoms with Crippen molar-refractivity contribution >= 4 is 35.0 Å². The lowest BCUT2D eigenvalue weighted by atomic mass is 9.86. The lowest BCUT2D eigenvalue weighted by Crippen LogP contribution is -2.41. The smallest absolute Gasteiger partial charge is 0.258 e. The number of hydrogen-bond acceptors (Lipinski definition) is 3. The second-order valence-electron chi connectivity index (χ2n) is 7.49. The van der Waals surface area contributed by atoms with E-state index in [0.717, 1.165) is 37.8 Å². The second kappa shape index (κ2) is 10.8. The standard InChI is InChI=1S/C22H22Cl2F2N2O3/c23-17-7-3-14(9-19(17)25)22(30)27-11-13-1-4-15(5-2-13)28-21(29)12-31-16-6-8-18(24)20(26)10-16/h3,6-10,13,15H,1-2,4-5,11-12H2,(H,27,30)(H,28,29). The molecule has 1 saturated carbocycles. The third kappa shape index (κ3) is 6.80. The molecule has 0 bridgehead atoms. The Morgan fingerprint density at radius 2 is 1.61 bits per heavy atom. The molecule has 2 aromatic rings. The maximum Gasteiger partial charge on any atom is 0.258 e. The Hall–Kier alpha value is -2.38. The van der Waals surface area contributed by atoms with E-state index in [1.165, 1.54) is 24.3 Å². The Bertz CT molecular complexity index is 950. The molecule has 0 spiro atoms. The number of rotatable bonds is 7. The lowest BCUT2D eigenvalue weighted by molar-refractivity contribution is -0.124. The monoisotopic (exact) mass is 470 g/mol. The van der Waals surface area contributed by atoms with Crippen LogP contribution in [-0.4, -0.2) is 31.0 Å². The number of carbonyl (C=O) groups is 2. The summed E-state index contributed by atoms with van der Waals surface area (Å²) in [5.41, 5.74) is 0.225. The first kappa shape index (κ1) is 23.3. The molecule has 31 heavy (non-hydrogen) atoms. The molecule has 1 aliphatic carbocycles. The highest BCUT2D eigenvalue weighted by Gasteiger charge is 2.23. The summed E-state index contributed by atoms with van der Waals surface area (Å²) in [5.74, 6) is -1.35. The number of benzene rings is 2. The van der Waals surface area contributed by atoms with Gasteiger partial charge in [0, 0.05) is 24.2 Å². The highest BCUT2D eigenvalue weighted by molar-refractivity contribution is 6.31. The zero-order valence-corrected chi connectivity index (χ0v) is 18.1. The van der Waals surface area contributed by atoms with E-state index in [-0.39, 0.29) is 51.7 Å². The topological polar surface area (TPSA) is 67.4 Å². The van der Waals surface area contributed by atoms with Gasteiger partial charge in [0.05, 0.1) is 10.0 Å². The maximum absolute atomic E-state index is 13.5. The van der Waals surface area contributed by atoms with Crippen molar-refractivity contribution in [2.75, 3.05) is 13.2 Å².